The van der Waals surface area contributed by atoms with E-state index < -0.39 is 11.9 Å². The first-order valence-electron chi connectivity index (χ1n) is 7.09. The summed E-state index contributed by atoms with van der Waals surface area (Å²) < 4.78 is 5.06. The van der Waals surface area contributed by atoms with Gasteiger partial charge >= 0.3 is 5.97 Å². The molecule has 1 aliphatic heterocycles. The van der Waals surface area contributed by atoms with Gasteiger partial charge in [-0.3, -0.25) is 4.79 Å². The van der Waals surface area contributed by atoms with E-state index in [2.05, 4.69) is 11.8 Å². The van der Waals surface area contributed by atoms with Crippen LogP contribution in [0.15, 0.2) is 0 Å². The number of hydrogen-bond acceptors (Lipinski definition) is 6. The molecule has 1 aromatic heterocycles. The number of rotatable bonds is 4. The number of thiophene rings is 1. The summed E-state index contributed by atoms with van der Waals surface area (Å²) >= 11 is 1.18. The minimum absolute atomic E-state index is 0.138. The molecule has 21 heavy (non-hydrogen) atoms. The van der Waals surface area contributed by atoms with E-state index in [0.717, 1.165) is 25.9 Å². The van der Waals surface area contributed by atoms with Crippen molar-refractivity contribution in [2.75, 3.05) is 30.3 Å². The van der Waals surface area contributed by atoms with E-state index in [-0.39, 0.29) is 22.7 Å². The molecule has 2 heterocycles. The van der Waals surface area contributed by atoms with Crippen molar-refractivity contribution in [2.45, 2.75) is 26.7 Å². The Morgan fingerprint density at radius 3 is 2.52 bits per heavy atom. The third kappa shape index (κ3) is 3.12. The van der Waals surface area contributed by atoms with Gasteiger partial charge in [-0.1, -0.05) is 6.92 Å². The lowest BCUT2D eigenvalue weighted by Crippen LogP contribution is -2.33. The number of nitrogens with two attached hydrogens (primary N) is 2. The number of anilines is 2. The zero-order chi connectivity index (χ0) is 15.6. The van der Waals surface area contributed by atoms with Crippen LogP contribution in [0.3, 0.4) is 0 Å². The summed E-state index contributed by atoms with van der Waals surface area (Å²) in [6.45, 7) is 5.88. The number of carbonyl (C=O) groups is 2. The molecule has 0 saturated carbocycles. The summed E-state index contributed by atoms with van der Waals surface area (Å²) in [6, 6.07) is 0. The summed E-state index contributed by atoms with van der Waals surface area (Å²) in [5.41, 5.74) is 11.7. The van der Waals surface area contributed by atoms with Gasteiger partial charge in [0.15, 0.2) is 0 Å². The predicted molar refractivity (Wildman–Crippen MR) is 83.8 cm³/mol. The molecule has 0 radical (unpaired) electrons. The Hall–Kier alpha value is -1.76. The fraction of sp³-hybridized carbons (Fsp3) is 0.571. The molecule has 7 heteroatoms. The summed E-state index contributed by atoms with van der Waals surface area (Å²) in [7, 11) is 0. The van der Waals surface area contributed by atoms with Gasteiger partial charge in [0.25, 0.3) is 5.91 Å². The smallest absolute Gasteiger partial charge is 0.343 e. The van der Waals surface area contributed by atoms with Gasteiger partial charge in [0, 0.05) is 13.1 Å². The van der Waals surface area contributed by atoms with Crippen LogP contribution in [0.1, 0.15) is 46.7 Å². The normalized spacial score (nSPS) is 16.0. The number of hydrogen-bond donors (Lipinski definition) is 2. The molecule has 0 aromatic carbocycles. The summed E-state index contributed by atoms with van der Waals surface area (Å²) in [5.74, 6) is -0.438. The zero-order valence-electron chi connectivity index (χ0n) is 12.3. The van der Waals surface area contributed by atoms with Gasteiger partial charge in [-0.2, -0.15) is 0 Å². The van der Waals surface area contributed by atoms with Crippen LogP contribution < -0.4 is 16.4 Å². The predicted octanol–water partition coefficient (Wildman–Crippen LogP) is 1.84. The van der Waals surface area contributed by atoms with Crippen molar-refractivity contribution in [1.82, 2.24) is 0 Å². The maximum absolute atomic E-state index is 12.2. The van der Waals surface area contributed by atoms with Gasteiger partial charge in [0.2, 0.25) is 0 Å². The quantitative estimate of drug-likeness (QED) is 0.827. The topological polar surface area (TPSA) is 98.6 Å². The van der Waals surface area contributed by atoms with Crippen molar-refractivity contribution >= 4 is 33.9 Å². The standard InChI is InChI=1S/C14H21N3O3S/c1-3-20-14(19)9-10(15)11(12(16)18)21-13(9)17-6-4-8(2)5-7-17/h8H,3-7,15H2,1-2H3,(H2,16,18). The highest BCUT2D eigenvalue weighted by Crippen LogP contribution is 2.40. The lowest BCUT2D eigenvalue weighted by atomic mass is 9.99. The molecule has 0 atom stereocenters. The van der Waals surface area contributed by atoms with Crippen LogP contribution in [0.2, 0.25) is 0 Å². The molecule has 0 unspecified atom stereocenters. The number of amides is 1. The maximum atomic E-state index is 12.2. The average molecular weight is 311 g/mol. The molecule has 1 aromatic rings. The SMILES string of the molecule is CCOC(=O)c1c(N2CCC(C)CC2)sc(C(N)=O)c1N. The van der Waals surface area contributed by atoms with Gasteiger partial charge in [0.05, 0.1) is 12.3 Å². The summed E-state index contributed by atoms with van der Waals surface area (Å²) in [5, 5.41) is 0.701. The molecule has 1 amide bonds. The number of primary amides is 1. The Kier molecular flexibility index (Phi) is 4.72. The summed E-state index contributed by atoms with van der Waals surface area (Å²) in [6.07, 6.45) is 2.10. The molecule has 1 fully saturated rings. The van der Waals surface area contributed by atoms with Crippen LogP contribution in [-0.4, -0.2) is 31.6 Å². The van der Waals surface area contributed by atoms with E-state index in [1.165, 1.54) is 11.3 Å². The van der Waals surface area contributed by atoms with Crippen LogP contribution in [0, 0.1) is 5.92 Å². The molecule has 6 nitrogen and oxygen atoms in total. The fourth-order valence-corrected chi connectivity index (χ4v) is 3.56. The number of piperidine rings is 1. The number of esters is 1. The lowest BCUT2D eigenvalue weighted by molar-refractivity contribution is 0.0529. The van der Waals surface area contributed by atoms with E-state index in [1.54, 1.807) is 6.92 Å². The Morgan fingerprint density at radius 2 is 2.00 bits per heavy atom. The van der Waals surface area contributed by atoms with E-state index in [1.807, 2.05) is 0 Å². The minimum atomic E-state index is -0.611. The Bertz CT molecular complexity index is 548. The molecule has 0 spiro atoms. The molecule has 116 valence electrons. The molecule has 1 aliphatic rings. The van der Waals surface area contributed by atoms with Crippen molar-refractivity contribution in [3.63, 3.8) is 0 Å². The van der Waals surface area contributed by atoms with Crippen LogP contribution >= 0.6 is 11.3 Å². The van der Waals surface area contributed by atoms with Gasteiger partial charge in [0.1, 0.15) is 15.4 Å². The molecule has 1 saturated heterocycles. The third-order valence-electron chi connectivity index (χ3n) is 3.70. The van der Waals surface area contributed by atoms with Gasteiger partial charge in [-0.25, -0.2) is 4.79 Å². The molecule has 0 aliphatic carbocycles. The van der Waals surface area contributed by atoms with Gasteiger partial charge < -0.3 is 21.1 Å². The van der Waals surface area contributed by atoms with Crippen molar-refractivity contribution in [2.24, 2.45) is 11.7 Å². The molecule has 2 rings (SSSR count). The van der Waals surface area contributed by atoms with Crippen molar-refractivity contribution < 1.29 is 14.3 Å². The highest BCUT2D eigenvalue weighted by atomic mass is 32.1. The lowest BCUT2D eigenvalue weighted by Gasteiger charge is -2.31. The van der Waals surface area contributed by atoms with E-state index >= 15 is 0 Å². The monoisotopic (exact) mass is 311 g/mol. The van der Waals surface area contributed by atoms with Crippen LogP contribution in [0.5, 0.6) is 0 Å². The average Bonchev–Trinajstić information content (AvgIpc) is 2.77. The Balaban J connectivity index is 2.40. The van der Waals surface area contributed by atoms with Gasteiger partial charge in [-0.05, 0) is 25.7 Å². The maximum Gasteiger partial charge on any atom is 0.343 e. The number of carbonyl (C=O) groups excluding carboxylic acids is 2. The second-order valence-corrected chi connectivity index (χ2v) is 6.28. The Morgan fingerprint density at radius 1 is 1.38 bits per heavy atom. The van der Waals surface area contributed by atoms with E-state index in [4.69, 9.17) is 16.2 Å². The van der Waals surface area contributed by atoms with Crippen molar-refractivity contribution in [1.29, 1.82) is 0 Å². The number of ether oxygens (including phenoxy) is 1. The van der Waals surface area contributed by atoms with Gasteiger partial charge in [-0.15, -0.1) is 11.3 Å². The largest absolute Gasteiger partial charge is 0.462 e. The fourth-order valence-electron chi connectivity index (χ4n) is 2.45. The number of nitrogen functional groups attached to an aromatic ring is 1. The second kappa shape index (κ2) is 6.34. The van der Waals surface area contributed by atoms with Crippen LogP contribution in [0.25, 0.3) is 0 Å². The summed E-state index contributed by atoms with van der Waals surface area (Å²) in [4.78, 5) is 26.0. The van der Waals surface area contributed by atoms with Crippen LogP contribution in [-0.2, 0) is 4.74 Å². The van der Waals surface area contributed by atoms with E-state index in [9.17, 15) is 9.59 Å². The van der Waals surface area contributed by atoms with Crippen molar-refractivity contribution in [3.05, 3.63) is 10.4 Å². The second-order valence-electron chi connectivity index (χ2n) is 5.28. The first-order chi connectivity index (χ1) is 9.95. The zero-order valence-corrected chi connectivity index (χ0v) is 13.2. The first-order valence-corrected chi connectivity index (χ1v) is 7.91. The molecule has 0 bridgehead atoms. The third-order valence-corrected chi connectivity index (χ3v) is 4.98. The minimum Gasteiger partial charge on any atom is -0.462 e. The van der Waals surface area contributed by atoms with E-state index in [0.29, 0.717) is 10.9 Å². The Labute approximate surface area is 128 Å². The molecular weight excluding hydrogens is 290 g/mol. The molecular formula is C14H21N3O3S. The van der Waals surface area contributed by atoms with Crippen molar-refractivity contribution in [3.8, 4) is 0 Å². The highest BCUT2D eigenvalue weighted by Gasteiger charge is 2.29. The van der Waals surface area contributed by atoms with Crippen LogP contribution in [0.4, 0.5) is 10.7 Å². The first kappa shape index (κ1) is 15.6. The highest BCUT2D eigenvalue weighted by molar-refractivity contribution is 7.19. The molecule has 4 N–H and O–H groups in total. The number of nitrogens with zero attached hydrogens (tertiary/aromatic N) is 1.